The lowest BCUT2D eigenvalue weighted by Crippen LogP contribution is -2.37. The number of benzene rings is 1. The number of allylic oxidation sites excluding steroid dienone is 5. The number of pyridine rings is 1. The number of carbonyl (C=O) groups is 1. The van der Waals surface area contributed by atoms with Gasteiger partial charge in [0.1, 0.15) is 0 Å². The highest BCUT2D eigenvalue weighted by Crippen LogP contribution is 2.49. The van der Waals surface area contributed by atoms with Gasteiger partial charge in [-0.15, -0.1) is 0 Å². The summed E-state index contributed by atoms with van der Waals surface area (Å²) < 4.78 is 0. The van der Waals surface area contributed by atoms with Gasteiger partial charge < -0.3 is 5.32 Å². The molecule has 0 amide bonds. The van der Waals surface area contributed by atoms with Crippen LogP contribution in [0.15, 0.2) is 83.4 Å². The average molecular weight is 427 g/mol. The zero-order chi connectivity index (χ0) is 22.9. The van der Waals surface area contributed by atoms with E-state index in [4.69, 9.17) is 0 Å². The number of ketones is 1. The molecule has 0 saturated heterocycles. The summed E-state index contributed by atoms with van der Waals surface area (Å²) in [4.78, 5) is 18.0. The van der Waals surface area contributed by atoms with Crippen molar-refractivity contribution in [3.63, 3.8) is 0 Å². The third kappa shape index (κ3) is 4.21. The minimum Gasteiger partial charge on any atom is -0.362 e. The Kier molecular flexibility index (Phi) is 6.19. The van der Waals surface area contributed by atoms with E-state index in [1.165, 1.54) is 11.3 Å². The first kappa shape index (κ1) is 22.3. The van der Waals surface area contributed by atoms with Gasteiger partial charge in [0.2, 0.25) is 0 Å². The number of hydrogen-bond donors (Lipinski definition) is 1. The van der Waals surface area contributed by atoms with Crippen molar-refractivity contribution >= 4 is 5.78 Å². The summed E-state index contributed by atoms with van der Waals surface area (Å²) in [6.45, 7) is 13.2. The Morgan fingerprint density at radius 2 is 1.88 bits per heavy atom. The summed E-state index contributed by atoms with van der Waals surface area (Å²) in [6.07, 6.45) is 6.17. The van der Waals surface area contributed by atoms with Crippen molar-refractivity contribution in [2.24, 2.45) is 5.41 Å². The Bertz CT molecular complexity index is 1090. The van der Waals surface area contributed by atoms with Gasteiger partial charge in [-0.3, -0.25) is 9.78 Å². The molecule has 0 saturated carbocycles. The smallest absolute Gasteiger partial charge is 0.162 e. The third-order valence-corrected chi connectivity index (χ3v) is 6.62. The molecule has 1 unspecified atom stereocenters. The summed E-state index contributed by atoms with van der Waals surface area (Å²) >= 11 is 0. The predicted octanol–water partition coefficient (Wildman–Crippen LogP) is 7.10. The summed E-state index contributed by atoms with van der Waals surface area (Å²) in [5.74, 6) is 0.209. The van der Waals surface area contributed by atoms with Crippen LogP contribution >= 0.6 is 0 Å². The van der Waals surface area contributed by atoms with Crippen LogP contribution in [0.5, 0.6) is 0 Å². The number of dihydropyridines is 1. The van der Waals surface area contributed by atoms with Crippen molar-refractivity contribution in [1.29, 1.82) is 0 Å². The van der Waals surface area contributed by atoms with Crippen molar-refractivity contribution in [3.8, 4) is 11.3 Å². The van der Waals surface area contributed by atoms with E-state index in [2.05, 4.69) is 68.8 Å². The fourth-order valence-electron chi connectivity index (χ4n) is 5.20. The Morgan fingerprint density at radius 1 is 1.12 bits per heavy atom. The van der Waals surface area contributed by atoms with Crippen LogP contribution in [0.4, 0.5) is 0 Å². The van der Waals surface area contributed by atoms with Crippen molar-refractivity contribution in [1.82, 2.24) is 10.3 Å². The van der Waals surface area contributed by atoms with E-state index in [9.17, 15) is 4.79 Å². The van der Waals surface area contributed by atoms with Crippen LogP contribution in [-0.2, 0) is 4.79 Å². The number of nitrogens with one attached hydrogen (secondary N) is 1. The lowest BCUT2D eigenvalue weighted by Gasteiger charge is -2.41. The van der Waals surface area contributed by atoms with Gasteiger partial charge in [-0.2, -0.15) is 0 Å². The number of nitrogens with zero attached hydrogens (tertiary/aromatic N) is 1. The van der Waals surface area contributed by atoms with E-state index in [-0.39, 0.29) is 17.1 Å². The fraction of sp³-hybridized carbons (Fsp3) is 0.379. The molecule has 3 nitrogen and oxygen atoms in total. The summed E-state index contributed by atoms with van der Waals surface area (Å²) in [5, 5.41) is 3.69. The monoisotopic (exact) mass is 426 g/mol. The molecular formula is C29H34N2O. The van der Waals surface area contributed by atoms with Crippen molar-refractivity contribution in [2.45, 2.75) is 65.7 Å². The highest BCUT2D eigenvalue weighted by Gasteiger charge is 2.41. The van der Waals surface area contributed by atoms with E-state index < -0.39 is 0 Å². The van der Waals surface area contributed by atoms with Gasteiger partial charge in [0.25, 0.3) is 0 Å². The van der Waals surface area contributed by atoms with Crippen LogP contribution in [0.3, 0.4) is 0 Å². The second-order valence-corrected chi connectivity index (χ2v) is 9.83. The van der Waals surface area contributed by atoms with Crippen molar-refractivity contribution in [3.05, 3.63) is 88.9 Å². The van der Waals surface area contributed by atoms with Gasteiger partial charge in [-0.25, -0.2) is 0 Å². The highest BCUT2D eigenvalue weighted by atomic mass is 16.1. The minimum absolute atomic E-state index is 0.0207. The zero-order valence-electron chi connectivity index (χ0n) is 19.8. The van der Waals surface area contributed by atoms with Gasteiger partial charge in [-0.1, -0.05) is 71.0 Å². The first-order chi connectivity index (χ1) is 15.3. The predicted molar refractivity (Wildman–Crippen MR) is 132 cm³/mol. The Labute approximate surface area is 192 Å². The number of hydrogen-bond acceptors (Lipinski definition) is 3. The topological polar surface area (TPSA) is 42.0 Å². The normalized spacial score (nSPS) is 20.1. The van der Waals surface area contributed by atoms with Crippen LogP contribution in [0, 0.1) is 5.41 Å². The molecule has 3 heteroatoms. The van der Waals surface area contributed by atoms with Crippen LogP contribution in [0.25, 0.3) is 11.3 Å². The fourth-order valence-corrected chi connectivity index (χ4v) is 5.20. The molecule has 32 heavy (non-hydrogen) atoms. The quantitative estimate of drug-likeness (QED) is 0.536. The first-order valence-electron chi connectivity index (χ1n) is 11.8. The van der Waals surface area contributed by atoms with Gasteiger partial charge in [0.15, 0.2) is 5.78 Å². The number of rotatable bonds is 6. The van der Waals surface area contributed by atoms with E-state index in [1.807, 2.05) is 24.4 Å². The van der Waals surface area contributed by atoms with Crippen LogP contribution < -0.4 is 5.32 Å². The van der Waals surface area contributed by atoms with E-state index in [1.54, 1.807) is 0 Å². The number of carbonyl (C=O) groups excluding carboxylic acids is 1. The molecule has 2 aromatic rings. The highest BCUT2D eigenvalue weighted by molar-refractivity contribution is 6.00. The Hall–Kier alpha value is -2.94. The molecular weight excluding hydrogens is 392 g/mol. The maximum Gasteiger partial charge on any atom is 0.162 e. The minimum atomic E-state index is -0.0540. The number of Topliss-reactive ketones (excluding diaryl/α,β-unsaturated/α-hetero) is 1. The molecule has 1 aromatic heterocycles. The molecule has 4 rings (SSSR count). The lowest BCUT2D eigenvalue weighted by molar-refractivity contribution is -0.118. The summed E-state index contributed by atoms with van der Waals surface area (Å²) in [6, 6.07) is 14.6. The van der Waals surface area contributed by atoms with Crippen LogP contribution in [0.1, 0.15) is 71.3 Å². The van der Waals surface area contributed by atoms with Gasteiger partial charge >= 0.3 is 0 Å². The van der Waals surface area contributed by atoms with Gasteiger partial charge in [-0.05, 0) is 53.5 Å². The standard InChI is InChI=1S/C29H34N2O/c1-6-10-19(3)26-22(7-2)31-24-17-29(4,5)18-25(32)28(24)27(26)21-14-12-20(13-15-21)23-11-8-9-16-30-23/h8-9,11-16,27,31H,3,6-7,10,17-18H2,1-2,4-5H3. The third-order valence-electron chi connectivity index (χ3n) is 6.62. The molecule has 1 N–H and O–H groups in total. The SMILES string of the molecule is C=C(CCC)C1=C(CC)NC2=C(C(=O)CC(C)(C)C2)C1c1ccc(-c2ccccn2)cc1. The Balaban J connectivity index is 1.84. The zero-order valence-corrected chi connectivity index (χ0v) is 19.8. The molecule has 2 aliphatic rings. The molecule has 0 fully saturated rings. The molecule has 0 spiro atoms. The average Bonchev–Trinajstić information content (AvgIpc) is 2.77. The van der Waals surface area contributed by atoms with Gasteiger partial charge in [0, 0.05) is 41.1 Å². The molecule has 1 aliphatic carbocycles. The summed E-state index contributed by atoms with van der Waals surface area (Å²) in [5.41, 5.74) is 8.80. The van der Waals surface area contributed by atoms with E-state index >= 15 is 0 Å². The molecule has 0 radical (unpaired) electrons. The molecule has 1 aliphatic heterocycles. The molecule has 2 heterocycles. The van der Waals surface area contributed by atoms with Gasteiger partial charge in [0.05, 0.1) is 5.69 Å². The van der Waals surface area contributed by atoms with E-state index in [0.29, 0.717) is 6.42 Å². The van der Waals surface area contributed by atoms with E-state index in [0.717, 1.165) is 59.3 Å². The van der Waals surface area contributed by atoms with Crippen LogP contribution in [0.2, 0.25) is 0 Å². The summed E-state index contributed by atoms with van der Waals surface area (Å²) in [7, 11) is 0. The number of aromatic nitrogens is 1. The molecule has 1 aromatic carbocycles. The Morgan fingerprint density at radius 3 is 2.50 bits per heavy atom. The van der Waals surface area contributed by atoms with Crippen molar-refractivity contribution in [2.75, 3.05) is 0 Å². The van der Waals surface area contributed by atoms with Crippen molar-refractivity contribution < 1.29 is 4.79 Å². The molecule has 1 atom stereocenters. The maximum absolute atomic E-state index is 13.5. The molecule has 166 valence electrons. The second-order valence-electron chi connectivity index (χ2n) is 9.83. The first-order valence-corrected chi connectivity index (χ1v) is 11.8. The molecule has 0 bridgehead atoms. The largest absolute Gasteiger partial charge is 0.362 e. The van der Waals surface area contributed by atoms with Crippen LogP contribution in [-0.4, -0.2) is 10.8 Å². The second kappa shape index (κ2) is 8.90. The lowest BCUT2D eigenvalue weighted by atomic mass is 9.67. The maximum atomic E-state index is 13.5.